The Bertz CT molecular complexity index is 828. The maximum absolute atomic E-state index is 14.4. The summed E-state index contributed by atoms with van der Waals surface area (Å²) in [6.07, 6.45) is 0. The predicted molar refractivity (Wildman–Crippen MR) is 84.2 cm³/mol. The van der Waals surface area contributed by atoms with Crippen LogP contribution in [0.15, 0.2) is 42.5 Å². The maximum Gasteiger partial charge on any atom is 0.131 e. The normalized spacial score (nSPS) is 11.0. The summed E-state index contributed by atoms with van der Waals surface area (Å²) in [6, 6.07) is 12.6. The molecule has 21 heavy (non-hydrogen) atoms. The van der Waals surface area contributed by atoms with E-state index >= 15 is 0 Å². The quantitative estimate of drug-likeness (QED) is 0.756. The molecule has 1 aromatic heterocycles. The zero-order valence-corrected chi connectivity index (χ0v) is 11.7. The number of anilines is 1. The third kappa shape index (κ3) is 2.45. The average Bonchev–Trinajstić information content (AvgIpc) is 2.47. The van der Waals surface area contributed by atoms with E-state index in [-0.39, 0.29) is 5.82 Å². The van der Waals surface area contributed by atoms with Gasteiger partial charge in [0.25, 0.3) is 0 Å². The van der Waals surface area contributed by atoms with Crippen molar-refractivity contribution < 1.29 is 4.39 Å². The van der Waals surface area contributed by atoms with E-state index in [1.165, 1.54) is 6.07 Å². The number of fused-ring (bicyclic) bond motifs is 1. The monoisotopic (exact) mass is 281 g/mol. The van der Waals surface area contributed by atoms with Gasteiger partial charge in [0, 0.05) is 17.5 Å². The Morgan fingerprint density at radius 1 is 1.14 bits per heavy atom. The molecule has 0 fully saturated rings. The Hall–Kier alpha value is -2.46. The zero-order chi connectivity index (χ0) is 15.0. The second-order valence-corrected chi connectivity index (χ2v) is 5.12. The molecular weight excluding hydrogens is 265 g/mol. The average molecular weight is 281 g/mol. The smallest absolute Gasteiger partial charge is 0.131 e. The summed E-state index contributed by atoms with van der Waals surface area (Å²) in [5.41, 5.74) is 15.3. The maximum atomic E-state index is 14.4. The van der Waals surface area contributed by atoms with E-state index in [0.717, 1.165) is 22.1 Å². The number of aromatic nitrogens is 1. The molecule has 4 heteroatoms. The van der Waals surface area contributed by atoms with Crippen molar-refractivity contribution in [2.45, 2.75) is 13.5 Å². The highest BCUT2D eigenvalue weighted by molar-refractivity contribution is 5.88. The lowest BCUT2D eigenvalue weighted by atomic mass is 9.99. The molecule has 0 spiro atoms. The molecule has 0 saturated heterocycles. The van der Waals surface area contributed by atoms with Crippen LogP contribution in [0.3, 0.4) is 0 Å². The minimum Gasteiger partial charge on any atom is -0.384 e. The van der Waals surface area contributed by atoms with Crippen LogP contribution in [0, 0.1) is 12.7 Å². The van der Waals surface area contributed by atoms with E-state index in [2.05, 4.69) is 4.98 Å². The standard InChI is InChI=1S/C17H16FN3/c1-10-5-17(20)21-16-8-14(15(18)7-13(10)16)12-4-2-3-11(6-12)9-19/h2-8H,9,19H2,1H3,(H2,20,21). The summed E-state index contributed by atoms with van der Waals surface area (Å²) >= 11 is 0. The van der Waals surface area contributed by atoms with Crippen LogP contribution < -0.4 is 11.5 Å². The summed E-state index contributed by atoms with van der Waals surface area (Å²) in [5.74, 6) is 0.166. The second-order valence-electron chi connectivity index (χ2n) is 5.12. The molecule has 0 saturated carbocycles. The fourth-order valence-corrected chi connectivity index (χ4v) is 2.53. The molecule has 106 valence electrons. The molecule has 0 aliphatic rings. The van der Waals surface area contributed by atoms with Crippen LogP contribution in [0.25, 0.3) is 22.0 Å². The molecule has 0 aliphatic heterocycles. The second kappa shape index (κ2) is 5.14. The van der Waals surface area contributed by atoms with Gasteiger partial charge in [0.15, 0.2) is 0 Å². The first kappa shape index (κ1) is 13.5. The first-order chi connectivity index (χ1) is 10.1. The van der Waals surface area contributed by atoms with Gasteiger partial charge in [0.1, 0.15) is 11.6 Å². The van der Waals surface area contributed by atoms with Crippen molar-refractivity contribution in [2.75, 3.05) is 5.73 Å². The van der Waals surface area contributed by atoms with Crippen molar-refractivity contribution in [3.63, 3.8) is 0 Å². The van der Waals surface area contributed by atoms with Crippen molar-refractivity contribution in [3.8, 4) is 11.1 Å². The minimum atomic E-state index is -0.272. The fourth-order valence-electron chi connectivity index (χ4n) is 2.53. The van der Waals surface area contributed by atoms with Gasteiger partial charge >= 0.3 is 0 Å². The molecule has 0 bridgehead atoms. The van der Waals surface area contributed by atoms with E-state index in [1.54, 1.807) is 12.1 Å². The van der Waals surface area contributed by atoms with Crippen LogP contribution in [0.5, 0.6) is 0 Å². The highest BCUT2D eigenvalue weighted by Gasteiger charge is 2.10. The summed E-state index contributed by atoms with van der Waals surface area (Å²) < 4.78 is 14.4. The minimum absolute atomic E-state index is 0.272. The summed E-state index contributed by atoms with van der Waals surface area (Å²) in [5, 5.41) is 0.778. The molecule has 0 unspecified atom stereocenters. The topological polar surface area (TPSA) is 64.9 Å². The van der Waals surface area contributed by atoms with Crippen molar-refractivity contribution in [2.24, 2.45) is 5.73 Å². The summed E-state index contributed by atoms with van der Waals surface area (Å²) in [4.78, 5) is 4.29. The number of hydrogen-bond acceptors (Lipinski definition) is 3. The van der Waals surface area contributed by atoms with E-state index in [9.17, 15) is 4.39 Å². The first-order valence-corrected chi connectivity index (χ1v) is 6.74. The lowest BCUT2D eigenvalue weighted by Crippen LogP contribution is -1.97. The van der Waals surface area contributed by atoms with E-state index in [0.29, 0.717) is 23.4 Å². The largest absolute Gasteiger partial charge is 0.384 e. The predicted octanol–water partition coefficient (Wildman–Crippen LogP) is 3.39. The highest BCUT2D eigenvalue weighted by atomic mass is 19.1. The molecule has 0 amide bonds. The lowest BCUT2D eigenvalue weighted by molar-refractivity contribution is 0.633. The third-order valence-electron chi connectivity index (χ3n) is 3.60. The SMILES string of the molecule is Cc1cc(N)nc2cc(-c3cccc(CN)c3)c(F)cc12. The third-order valence-corrected chi connectivity index (χ3v) is 3.60. The van der Waals surface area contributed by atoms with E-state index in [4.69, 9.17) is 11.5 Å². The molecule has 0 radical (unpaired) electrons. The van der Waals surface area contributed by atoms with Gasteiger partial charge in [0.2, 0.25) is 0 Å². The number of hydrogen-bond donors (Lipinski definition) is 2. The van der Waals surface area contributed by atoms with Crippen LogP contribution in [0.4, 0.5) is 10.2 Å². The van der Waals surface area contributed by atoms with Crippen LogP contribution >= 0.6 is 0 Å². The Morgan fingerprint density at radius 3 is 2.71 bits per heavy atom. The number of rotatable bonds is 2. The molecule has 4 N–H and O–H groups in total. The molecule has 3 aromatic rings. The zero-order valence-electron chi connectivity index (χ0n) is 11.7. The van der Waals surface area contributed by atoms with Crippen molar-refractivity contribution in [1.82, 2.24) is 4.98 Å². The summed E-state index contributed by atoms with van der Waals surface area (Å²) in [6.45, 7) is 2.32. The lowest BCUT2D eigenvalue weighted by Gasteiger charge is -2.09. The van der Waals surface area contributed by atoms with Gasteiger partial charge in [-0.05, 0) is 47.9 Å². The Labute approximate surface area is 122 Å². The number of pyridine rings is 1. The molecule has 3 rings (SSSR count). The molecule has 0 atom stereocenters. The van der Waals surface area contributed by atoms with Crippen molar-refractivity contribution >= 4 is 16.7 Å². The molecule has 1 heterocycles. The van der Waals surface area contributed by atoms with Crippen LogP contribution in [-0.2, 0) is 6.54 Å². The van der Waals surface area contributed by atoms with Gasteiger partial charge in [-0.15, -0.1) is 0 Å². The Morgan fingerprint density at radius 2 is 1.95 bits per heavy atom. The van der Waals surface area contributed by atoms with Crippen LogP contribution in [0.1, 0.15) is 11.1 Å². The van der Waals surface area contributed by atoms with Gasteiger partial charge in [-0.1, -0.05) is 18.2 Å². The first-order valence-electron chi connectivity index (χ1n) is 6.74. The van der Waals surface area contributed by atoms with E-state index in [1.807, 2.05) is 31.2 Å². The molecular formula is C17H16FN3. The molecule has 3 nitrogen and oxygen atoms in total. The van der Waals surface area contributed by atoms with E-state index < -0.39 is 0 Å². The fraction of sp³-hybridized carbons (Fsp3) is 0.118. The van der Waals surface area contributed by atoms with Gasteiger partial charge in [-0.2, -0.15) is 0 Å². The number of aryl methyl sites for hydroxylation is 1. The number of nitrogen functional groups attached to an aromatic ring is 1. The van der Waals surface area contributed by atoms with Crippen LogP contribution in [-0.4, -0.2) is 4.98 Å². The van der Waals surface area contributed by atoms with Crippen molar-refractivity contribution in [1.29, 1.82) is 0 Å². The van der Waals surface area contributed by atoms with Crippen molar-refractivity contribution in [3.05, 3.63) is 59.4 Å². The number of benzene rings is 2. The summed E-state index contributed by atoms with van der Waals surface area (Å²) in [7, 11) is 0. The Kier molecular flexibility index (Phi) is 3.31. The van der Waals surface area contributed by atoms with Crippen LogP contribution in [0.2, 0.25) is 0 Å². The Balaban J connectivity index is 2.25. The molecule has 0 aliphatic carbocycles. The molecule has 2 aromatic carbocycles. The number of halogens is 1. The van der Waals surface area contributed by atoms with Gasteiger partial charge in [-0.25, -0.2) is 9.37 Å². The number of nitrogens with zero attached hydrogens (tertiary/aromatic N) is 1. The number of nitrogens with two attached hydrogens (primary N) is 2. The van der Waals surface area contributed by atoms with Gasteiger partial charge < -0.3 is 11.5 Å². The highest BCUT2D eigenvalue weighted by Crippen LogP contribution is 2.29. The van der Waals surface area contributed by atoms with Gasteiger partial charge in [0.05, 0.1) is 5.52 Å². The van der Waals surface area contributed by atoms with Gasteiger partial charge in [-0.3, -0.25) is 0 Å².